The lowest BCUT2D eigenvalue weighted by Gasteiger charge is -2.38. The third kappa shape index (κ3) is 1.83. The quantitative estimate of drug-likeness (QED) is 0.826. The Labute approximate surface area is 95.7 Å². The zero-order valence-corrected chi connectivity index (χ0v) is 9.73. The summed E-state index contributed by atoms with van der Waals surface area (Å²) in [6.45, 7) is 5.08. The Morgan fingerprint density at radius 3 is 2.56 bits per heavy atom. The number of fused-ring (bicyclic) bond motifs is 1. The van der Waals surface area contributed by atoms with E-state index in [1.165, 1.54) is 11.1 Å². The second-order valence-corrected chi connectivity index (χ2v) is 4.80. The third-order valence-corrected chi connectivity index (χ3v) is 3.44. The van der Waals surface area contributed by atoms with E-state index in [0.29, 0.717) is 0 Å². The van der Waals surface area contributed by atoms with Gasteiger partial charge in [-0.3, -0.25) is 9.69 Å². The summed E-state index contributed by atoms with van der Waals surface area (Å²) in [5.41, 5.74) is 1.82. The van der Waals surface area contributed by atoms with Gasteiger partial charge in [0.15, 0.2) is 0 Å². The van der Waals surface area contributed by atoms with E-state index >= 15 is 0 Å². The van der Waals surface area contributed by atoms with Gasteiger partial charge in [0.2, 0.25) is 0 Å². The zero-order valence-electron chi connectivity index (χ0n) is 9.73. The first-order valence-electron chi connectivity index (χ1n) is 5.57. The summed E-state index contributed by atoms with van der Waals surface area (Å²) in [4.78, 5) is 13.2. The first kappa shape index (κ1) is 11.1. The van der Waals surface area contributed by atoms with Crippen LogP contribution in [-0.4, -0.2) is 28.1 Å². The highest BCUT2D eigenvalue weighted by atomic mass is 16.4. The van der Waals surface area contributed by atoms with Gasteiger partial charge in [0.25, 0.3) is 0 Å². The number of carboxylic acids is 1. The van der Waals surface area contributed by atoms with Gasteiger partial charge in [0, 0.05) is 13.1 Å². The van der Waals surface area contributed by atoms with Gasteiger partial charge in [-0.15, -0.1) is 0 Å². The minimum atomic E-state index is -0.784. The van der Waals surface area contributed by atoms with Crippen molar-refractivity contribution < 1.29 is 9.90 Å². The Kier molecular flexibility index (Phi) is 2.72. The molecule has 0 fully saturated rings. The zero-order chi connectivity index (χ0) is 11.8. The Bertz CT molecular complexity index is 412. The normalized spacial score (nSPS) is 16.9. The average molecular weight is 219 g/mol. The molecule has 3 nitrogen and oxygen atoms in total. The highest BCUT2D eigenvalue weighted by Crippen LogP contribution is 2.25. The minimum Gasteiger partial charge on any atom is -0.480 e. The van der Waals surface area contributed by atoms with Crippen LogP contribution in [0, 0.1) is 0 Å². The van der Waals surface area contributed by atoms with E-state index in [0.717, 1.165) is 19.5 Å². The van der Waals surface area contributed by atoms with E-state index in [-0.39, 0.29) is 0 Å². The first-order valence-corrected chi connectivity index (χ1v) is 5.57. The second-order valence-electron chi connectivity index (χ2n) is 4.80. The number of benzene rings is 1. The first-order chi connectivity index (χ1) is 7.51. The van der Waals surface area contributed by atoms with Crippen molar-refractivity contribution in [2.75, 3.05) is 6.54 Å². The molecular weight excluding hydrogens is 202 g/mol. The third-order valence-electron chi connectivity index (χ3n) is 3.44. The number of carboxylic acid groups (broad SMARTS) is 1. The van der Waals surface area contributed by atoms with Crippen molar-refractivity contribution in [1.82, 2.24) is 4.90 Å². The fraction of sp³-hybridized carbons (Fsp3) is 0.462. The molecule has 3 heteroatoms. The molecule has 16 heavy (non-hydrogen) atoms. The molecule has 0 aliphatic carbocycles. The lowest BCUT2D eigenvalue weighted by atomic mass is 9.94. The van der Waals surface area contributed by atoms with Crippen LogP contribution in [0.5, 0.6) is 0 Å². The monoisotopic (exact) mass is 219 g/mol. The van der Waals surface area contributed by atoms with Gasteiger partial charge in [-0.05, 0) is 31.4 Å². The summed E-state index contributed by atoms with van der Waals surface area (Å²) in [5.74, 6) is -0.758. The van der Waals surface area contributed by atoms with Crippen LogP contribution in [0.3, 0.4) is 0 Å². The maximum atomic E-state index is 11.2. The molecule has 0 unspecified atom stereocenters. The van der Waals surface area contributed by atoms with Crippen molar-refractivity contribution in [3.05, 3.63) is 35.4 Å². The number of nitrogens with zero attached hydrogens (tertiary/aromatic N) is 1. The molecule has 2 rings (SSSR count). The van der Waals surface area contributed by atoms with Crippen molar-refractivity contribution in [2.45, 2.75) is 32.4 Å². The maximum absolute atomic E-state index is 11.2. The fourth-order valence-electron chi connectivity index (χ4n) is 2.11. The van der Waals surface area contributed by atoms with Crippen molar-refractivity contribution in [1.29, 1.82) is 0 Å². The van der Waals surface area contributed by atoms with Crippen LogP contribution in [0.1, 0.15) is 25.0 Å². The summed E-state index contributed by atoms with van der Waals surface area (Å²) in [6.07, 6.45) is 0.937. The highest BCUT2D eigenvalue weighted by molar-refractivity contribution is 5.77. The van der Waals surface area contributed by atoms with E-state index < -0.39 is 11.5 Å². The van der Waals surface area contributed by atoms with Crippen LogP contribution >= 0.6 is 0 Å². The summed E-state index contributed by atoms with van der Waals surface area (Å²) in [5, 5.41) is 9.20. The number of aliphatic carboxylic acids is 1. The smallest absolute Gasteiger partial charge is 0.323 e. The van der Waals surface area contributed by atoms with Crippen LogP contribution < -0.4 is 0 Å². The second kappa shape index (κ2) is 3.91. The molecule has 0 bridgehead atoms. The highest BCUT2D eigenvalue weighted by Gasteiger charge is 2.35. The molecule has 1 aromatic rings. The largest absolute Gasteiger partial charge is 0.480 e. The van der Waals surface area contributed by atoms with Gasteiger partial charge in [0.05, 0.1) is 0 Å². The van der Waals surface area contributed by atoms with Gasteiger partial charge in [0.1, 0.15) is 5.54 Å². The Hall–Kier alpha value is -1.35. The molecule has 86 valence electrons. The number of hydrogen-bond donors (Lipinski definition) is 1. The molecule has 1 heterocycles. The molecule has 0 amide bonds. The predicted octanol–water partition coefficient (Wildman–Crippen LogP) is 1.91. The van der Waals surface area contributed by atoms with Crippen molar-refractivity contribution >= 4 is 5.97 Å². The van der Waals surface area contributed by atoms with Crippen LogP contribution in [-0.2, 0) is 17.8 Å². The SMILES string of the molecule is CC(C)(C(=O)O)N1CCc2ccccc2C1. The van der Waals surface area contributed by atoms with Gasteiger partial charge in [-0.2, -0.15) is 0 Å². The van der Waals surface area contributed by atoms with Gasteiger partial charge in [-0.1, -0.05) is 24.3 Å². The van der Waals surface area contributed by atoms with Crippen LogP contribution in [0.2, 0.25) is 0 Å². The van der Waals surface area contributed by atoms with E-state index in [4.69, 9.17) is 0 Å². The summed E-state index contributed by atoms with van der Waals surface area (Å²) in [7, 11) is 0. The summed E-state index contributed by atoms with van der Waals surface area (Å²) < 4.78 is 0. The molecule has 0 saturated carbocycles. The molecule has 0 aromatic heterocycles. The molecule has 0 radical (unpaired) electrons. The Balaban J connectivity index is 2.23. The average Bonchev–Trinajstić information content (AvgIpc) is 2.28. The van der Waals surface area contributed by atoms with Crippen LogP contribution in [0.25, 0.3) is 0 Å². The molecule has 0 spiro atoms. The lowest BCUT2D eigenvalue weighted by molar-refractivity contribution is -0.150. The Morgan fingerprint density at radius 1 is 1.31 bits per heavy atom. The molecular formula is C13H17NO2. The summed E-state index contributed by atoms with van der Waals surface area (Å²) >= 11 is 0. The Morgan fingerprint density at radius 2 is 1.94 bits per heavy atom. The minimum absolute atomic E-state index is 0.732. The molecule has 1 aliphatic rings. The van der Waals surface area contributed by atoms with Crippen molar-refractivity contribution in [3.8, 4) is 0 Å². The fourth-order valence-corrected chi connectivity index (χ4v) is 2.11. The maximum Gasteiger partial charge on any atom is 0.323 e. The van der Waals surface area contributed by atoms with E-state index in [2.05, 4.69) is 12.1 Å². The molecule has 1 N–H and O–H groups in total. The van der Waals surface area contributed by atoms with Crippen LogP contribution in [0.15, 0.2) is 24.3 Å². The van der Waals surface area contributed by atoms with Crippen molar-refractivity contribution in [2.24, 2.45) is 0 Å². The van der Waals surface area contributed by atoms with E-state index in [9.17, 15) is 9.90 Å². The van der Waals surface area contributed by atoms with E-state index in [1.807, 2.05) is 17.0 Å². The van der Waals surface area contributed by atoms with Gasteiger partial charge >= 0.3 is 5.97 Å². The standard InChI is InChI=1S/C13H17NO2/c1-13(2,12(15)16)14-8-7-10-5-3-4-6-11(10)9-14/h3-6H,7-9H2,1-2H3,(H,15,16). The molecule has 0 atom stereocenters. The molecule has 0 saturated heterocycles. The van der Waals surface area contributed by atoms with Gasteiger partial charge in [-0.25, -0.2) is 0 Å². The van der Waals surface area contributed by atoms with Crippen LogP contribution in [0.4, 0.5) is 0 Å². The molecule has 1 aromatic carbocycles. The number of carbonyl (C=O) groups is 1. The number of rotatable bonds is 2. The predicted molar refractivity (Wildman–Crippen MR) is 62.3 cm³/mol. The van der Waals surface area contributed by atoms with Crippen molar-refractivity contribution in [3.63, 3.8) is 0 Å². The topological polar surface area (TPSA) is 40.5 Å². The summed E-state index contributed by atoms with van der Waals surface area (Å²) in [6, 6.07) is 8.26. The molecule has 1 aliphatic heterocycles. The number of hydrogen-bond acceptors (Lipinski definition) is 2. The lowest BCUT2D eigenvalue weighted by Crippen LogP contribution is -2.51. The van der Waals surface area contributed by atoms with E-state index in [1.54, 1.807) is 13.8 Å². The van der Waals surface area contributed by atoms with Gasteiger partial charge < -0.3 is 5.11 Å².